The van der Waals surface area contributed by atoms with Gasteiger partial charge in [-0.25, -0.2) is 13.5 Å². The lowest BCUT2D eigenvalue weighted by Crippen LogP contribution is -2.48. The lowest BCUT2D eigenvalue weighted by atomic mass is 9.85. The summed E-state index contributed by atoms with van der Waals surface area (Å²) in [5, 5.41) is 7.98. The lowest BCUT2D eigenvalue weighted by Gasteiger charge is -2.41. The molecule has 28 heavy (non-hydrogen) atoms. The highest BCUT2D eigenvalue weighted by Gasteiger charge is 2.44. The Hall–Kier alpha value is -1.66. The molecule has 1 aromatic rings. The molecule has 1 saturated carbocycles. The first kappa shape index (κ1) is 19.6. The van der Waals surface area contributed by atoms with E-state index < -0.39 is 12.5 Å². The van der Waals surface area contributed by atoms with Gasteiger partial charge in [0.2, 0.25) is 5.91 Å². The maximum atomic E-state index is 13.9. The van der Waals surface area contributed by atoms with Crippen LogP contribution in [0.1, 0.15) is 65.1 Å². The quantitative estimate of drug-likeness (QED) is 0.841. The van der Waals surface area contributed by atoms with E-state index in [-0.39, 0.29) is 29.2 Å². The third-order valence-electron chi connectivity index (χ3n) is 6.70. The molecule has 5 atom stereocenters. The van der Waals surface area contributed by atoms with Crippen molar-refractivity contribution < 1.29 is 13.6 Å². The van der Waals surface area contributed by atoms with Crippen LogP contribution in [0.25, 0.3) is 0 Å². The van der Waals surface area contributed by atoms with Gasteiger partial charge in [0.25, 0.3) is 6.43 Å². The molecule has 0 radical (unpaired) electrons. The van der Waals surface area contributed by atoms with Crippen LogP contribution in [0.5, 0.6) is 0 Å². The zero-order valence-corrected chi connectivity index (χ0v) is 17.3. The number of halogens is 2. The van der Waals surface area contributed by atoms with Crippen LogP contribution in [-0.2, 0) is 10.2 Å². The number of likely N-dealkylation sites (tertiary alicyclic amines) is 1. The molecule has 7 heteroatoms. The van der Waals surface area contributed by atoms with E-state index in [2.05, 4.69) is 17.3 Å². The monoisotopic (exact) mass is 394 g/mol. The van der Waals surface area contributed by atoms with E-state index in [0.29, 0.717) is 24.7 Å². The van der Waals surface area contributed by atoms with Crippen LogP contribution in [-0.4, -0.2) is 46.1 Å². The van der Waals surface area contributed by atoms with Crippen molar-refractivity contribution >= 4 is 11.7 Å². The van der Waals surface area contributed by atoms with Crippen LogP contribution in [0, 0.1) is 17.8 Å². The van der Waals surface area contributed by atoms with Gasteiger partial charge in [0.15, 0.2) is 0 Å². The first-order chi connectivity index (χ1) is 13.1. The Morgan fingerprint density at radius 1 is 1.32 bits per heavy atom. The van der Waals surface area contributed by atoms with Crippen LogP contribution >= 0.6 is 0 Å². The summed E-state index contributed by atoms with van der Waals surface area (Å²) in [7, 11) is 0. The molecule has 2 aliphatic heterocycles. The predicted octanol–water partition coefficient (Wildman–Crippen LogP) is 4.07. The number of aromatic nitrogens is 2. The highest BCUT2D eigenvalue weighted by atomic mass is 19.3. The van der Waals surface area contributed by atoms with Crippen molar-refractivity contribution in [2.75, 3.05) is 18.4 Å². The van der Waals surface area contributed by atoms with Crippen LogP contribution in [0.4, 0.5) is 14.6 Å². The number of rotatable bonds is 3. The standard InChI is InChI=1S/C21H32F2N4O/c1-12-8-14(12)20(28)26-7-5-6-13(11-26)15-9-16(19(22)23)27-18(24-15)10-17(25-27)21(2,3)4/h10,12-16,19,24H,5-9,11H2,1-4H3/t12?,13?,14?,15-,16+/m0/s1. The summed E-state index contributed by atoms with van der Waals surface area (Å²) < 4.78 is 29.2. The van der Waals surface area contributed by atoms with Gasteiger partial charge in [0, 0.05) is 36.5 Å². The second-order valence-electron chi connectivity index (χ2n) is 10.0. The fraction of sp³-hybridized carbons (Fsp3) is 0.810. The third kappa shape index (κ3) is 3.64. The van der Waals surface area contributed by atoms with Crippen molar-refractivity contribution in [3.63, 3.8) is 0 Å². The van der Waals surface area contributed by atoms with Gasteiger partial charge >= 0.3 is 0 Å². The molecule has 1 aliphatic carbocycles. The molecule has 1 amide bonds. The van der Waals surface area contributed by atoms with E-state index in [4.69, 9.17) is 0 Å². The van der Waals surface area contributed by atoms with Gasteiger partial charge in [-0.05, 0) is 37.5 Å². The number of amides is 1. The van der Waals surface area contributed by atoms with E-state index in [1.54, 1.807) is 0 Å². The molecule has 2 fully saturated rings. The minimum atomic E-state index is -2.45. The highest BCUT2D eigenvalue weighted by Crippen LogP contribution is 2.41. The zero-order chi connectivity index (χ0) is 20.2. The van der Waals surface area contributed by atoms with Crippen LogP contribution in [0.15, 0.2) is 6.07 Å². The molecule has 5 nitrogen and oxygen atoms in total. The van der Waals surface area contributed by atoms with Gasteiger partial charge < -0.3 is 10.2 Å². The Bertz CT molecular complexity index is 741. The maximum absolute atomic E-state index is 13.9. The first-order valence-electron chi connectivity index (χ1n) is 10.6. The van der Waals surface area contributed by atoms with E-state index in [9.17, 15) is 13.6 Å². The van der Waals surface area contributed by atoms with Crippen molar-refractivity contribution in [1.29, 1.82) is 0 Å². The van der Waals surface area contributed by atoms with Crippen molar-refractivity contribution in [2.24, 2.45) is 17.8 Å². The van der Waals surface area contributed by atoms with Crippen molar-refractivity contribution in [2.45, 2.75) is 77.3 Å². The van der Waals surface area contributed by atoms with E-state index in [1.807, 2.05) is 31.7 Å². The maximum Gasteiger partial charge on any atom is 0.260 e. The largest absolute Gasteiger partial charge is 0.367 e. The molecule has 3 unspecified atom stereocenters. The van der Waals surface area contributed by atoms with Crippen molar-refractivity contribution in [3.05, 3.63) is 11.8 Å². The minimum absolute atomic E-state index is 0.0526. The molecule has 1 saturated heterocycles. The second kappa shape index (κ2) is 6.99. The minimum Gasteiger partial charge on any atom is -0.367 e. The topological polar surface area (TPSA) is 50.2 Å². The number of hydrogen-bond acceptors (Lipinski definition) is 3. The summed E-state index contributed by atoms with van der Waals surface area (Å²) in [5.41, 5.74) is 0.632. The molecule has 3 aliphatic rings. The number of nitrogens with one attached hydrogen (secondary N) is 1. The zero-order valence-electron chi connectivity index (χ0n) is 17.3. The predicted molar refractivity (Wildman–Crippen MR) is 105 cm³/mol. The average Bonchev–Trinajstić information content (AvgIpc) is 3.20. The van der Waals surface area contributed by atoms with E-state index in [0.717, 1.165) is 31.5 Å². The molecule has 0 bridgehead atoms. The van der Waals surface area contributed by atoms with E-state index >= 15 is 0 Å². The lowest BCUT2D eigenvalue weighted by molar-refractivity contribution is -0.134. The van der Waals surface area contributed by atoms with Gasteiger partial charge in [0.1, 0.15) is 11.9 Å². The Morgan fingerprint density at radius 2 is 2.04 bits per heavy atom. The fourth-order valence-corrected chi connectivity index (χ4v) is 4.69. The Labute approximate surface area is 165 Å². The fourth-order valence-electron chi connectivity index (χ4n) is 4.69. The summed E-state index contributed by atoms with van der Waals surface area (Å²) >= 11 is 0. The summed E-state index contributed by atoms with van der Waals surface area (Å²) in [4.78, 5) is 14.6. The van der Waals surface area contributed by atoms with Crippen LogP contribution in [0.2, 0.25) is 0 Å². The van der Waals surface area contributed by atoms with Crippen molar-refractivity contribution in [3.8, 4) is 0 Å². The second-order valence-corrected chi connectivity index (χ2v) is 10.0. The number of anilines is 1. The normalized spacial score (nSPS) is 32.8. The number of fused-ring (bicyclic) bond motifs is 1. The number of alkyl halides is 2. The van der Waals surface area contributed by atoms with E-state index in [1.165, 1.54) is 4.68 Å². The number of carbonyl (C=O) groups is 1. The SMILES string of the molecule is CC1CC1C(=O)N1CCCC([C@@H]2C[C@H](C(F)F)n3nc(C(C)(C)C)cc3N2)C1. The third-order valence-corrected chi connectivity index (χ3v) is 6.70. The molecule has 3 heterocycles. The Kier molecular flexibility index (Phi) is 4.91. The van der Waals surface area contributed by atoms with Crippen LogP contribution < -0.4 is 5.32 Å². The number of carbonyl (C=O) groups excluding carboxylic acids is 1. The van der Waals surface area contributed by atoms with Gasteiger partial charge in [-0.2, -0.15) is 5.10 Å². The molecule has 4 rings (SSSR count). The number of piperidine rings is 1. The molecule has 1 aromatic heterocycles. The molecule has 1 N–H and O–H groups in total. The van der Waals surface area contributed by atoms with Crippen molar-refractivity contribution in [1.82, 2.24) is 14.7 Å². The van der Waals surface area contributed by atoms with Crippen LogP contribution in [0.3, 0.4) is 0 Å². The van der Waals surface area contributed by atoms with Gasteiger partial charge in [-0.1, -0.05) is 27.7 Å². The molecule has 0 spiro atoms. The Morgan fingerprint density at radius 3 is 2.64 bits per heavy atom. The molecule has 0 aromatic carbocycles. The van der Waals surface area contributed by atoms with Gasteiger partial charge in [-0.3, -0.25) is 4.79 Å². The first-order valence-corrected chi connectivity index (χ1v) is 10.6. The summed E-state index contributed by atoms with van der Waals surface area (Å²) in [6, 6.07) is 0.953. The Balaban J connectivity index is 1.52. The average molecular weight is 395 g/mol. The number of hydrogen-bond donors (Lipinski definition) is 1. The summed E-state index contributed by atoms with van der Waals surface area (Å²) in [5.74, 6) is 1.83. The summed E-state index contributed by atoms with van der Waals surface area (Å²) in [6.07, 6.45) is 0.802. The molecular weight excluding hydrogens is 362 g/mol. The molecular formula is C21H32F2N4O. The van der Waals surface area contributed by atoms with Gasteiger partial charge in [-0.15, -0.1) is 0 Å². The highest BCUT2D eigenvalue weighted by molar-refractivity contribution is 5.81. The van der Waals surface area contributed by atoms with Gasteiger partial charge in [0.05, 0.1) is 5.69 Å². The molecule has 156 valence electrons. The summed E-state index contributed by atoms with van der Waals surface area (Å²) in [6.45, 7) is 9.72. The number of nitrogens with zero attached hydrogens (tertiary/aromatic N) is 3. The smallest absolute Gasteiger partial charge is 0.260 e.